The Labute approximate surface area is 144 Å². The van der Waals surface area contributed by atoms with Crippen LogP contribution in [-0.4, -0.2) is 66.9 Å². The van der Waals surface area contributed by atoms with E-state index in [0.717, 1.165) is 19.4 Å². The van der Waals surface area contributed by atoms with Crippen LogP contribution in [0.25, 0.3) is 0 Å². The highest BCUT2D eigenvalue weighted by molar-refractivity contribution is 7.89. The van der Waals surface area contributed by atoms with Crippen molar-refractivity contribution in [1.29, 1.82) is 0 Å². The third-order valence-corrected chi connectivity index (χ3v) is 6.74. The highest BCUT2D eigenvalue weighted by atomic mass is 32.2. The predicted molar refractivity (Wildman–Crippen MR) is 90.9 cm³/mol. The van der Waals surface area contributed by atoms with E-state index in [1.165, 1.54) is 0 Å². The summed E-state index contributed by atoms with van der Waals surface area (Å²) in [6, 6.07) is 0.572. The summed E-state index contributed by atoms with van der Waals surface area (Å²) in [6.07, 6.45) is 3.14. The molecule has 4 fully saturated rings. The number of hydrogen-bond acceptors (Lipinski definition) is 5. The molecule has 138 valence electrons. The molecule has 1 aliphatic carbocycles. The monoisotopic (exact) mass is 359 g/mol. The average molecular weight is 359 g/mol. The number of nitrogens with zero attached hydrogens (tertiary/aromatic N) is 2. The van der Waals surface area contributed by atoms with Crippen LogP contribution in [-0.2, 0) is 14.8 Å². The van der Waals surface area contributed by atoms with Crippen LogP contribution in [0.1, 0.15) is 46.5 Å². The lowest BCUT2D eigenvalue weighted by Crippen LogP contribution is -2.64. The van der Waals surface area contributed by atoms with Crippen LogP contribution >= 0.6 is 0 Å². The number of nitrogens with two attached hydrogens (primary N) is 1. The molecule has 0 aromatic heterocycles. The van der Waals surface area contributed by atoms with Gasteiger partial charge in [0.1, 0.15) is 5.60 Å². The summed E-state index contributed by atoms with van der Waals surface area (Å²) >= 11 is 0. The fourth-order valence-corrected chi connectivity index (χ4v) is 5.24. The lowest BCUT2D eigenvalue weighted by atomic mass is 9.91. The molecule has 24 heavy (non-hydrogen) atoms. The maximum Gasteiger partial charge on any atom is 0.410 e. The summed E-state index contributed by atoms with van der Waals surface area (Å²) in [4.78, 5) is 16.2. The zero-order chi connectivity index (χ0) is 17.7. The van der Waals surface area contributed by atoms with E-state index in [0.29, 0.717) is 37.9 Å². The number of fused-ring (bicyclic) bond motifs is 4. The van der Waals surface area contributed by atoms with Crippen LogP contribution in [0, 0.1) is 5.92 Å². The van der Waals surface area contributed by atoms with Gasteiger partial charge < -0.3 is 9.64 Å². The van der Waals surface area contributed by atoms with Crippen molar-refractivity contribution in [3.63, 3.8) is 0 Å². The third kappa shape index (κ3) is 3.86. The predicted octanol–water partition coefficient (Wildman–Crippen LogP) is 1.14. The fourth-order valence-electron chi connectivity index (χ4n) is 4.21. The molecule has 0 radical (unpaired) electrons. The molecular formula is C16H29N3O4S. The van der Waals surface area contributed by atoms with Crippen molar-refractivity contribution in [2.24, 2.45) is 11.1 Å². The van der Waals surface area contributed by atoms with Gasteiger partial charge in [0.25, 0.3) is 0 Å². The largest absolute Gasteiger partial charge is 0.444 e. The Bertz CT molecular complexity index is 595. The first-order chi connectivity index (χ1) is 11.0. The Hall–Kier alpha value is -0.860. The Morgan fingerprint density at radius 2 is 1.75 bits per heavy atom. The summed E-state index contributed by atoms with van der Waals surface area (Å²) in [5.74, 6) is 0.391. The molecule has 7 nitrogen and oxygen atoms in total. The van der Waals surface area contributed by atoms with Gasteiger partial charge in [0.05, 0.1) is 5.25 Å². The highest BCUT2D eigenvalue weighted by Gasteiger charge is 2.45. The number of primary sulfonamides is 1. The number of likely N-dealkylation sites (tertiary alicyclic amines) is 1. The maximum absolute atomic E-state index is 12.1. The van der Waals surface area contributed by atoms with Gasteiger partial charge in [0.2, 0.25) is 10.0 Å². The normalized spacial score (nSPS) is 32.3. The Balaban J connectivity index is 1.59. The first kappa shape index (κ1) is 17.9. The van der Waals surface area contributed by atoms with Gasteiger partial charge in [0.15, 0.2) is 0 Å². The fraction of sp³-hybridized carbons (Fsp3) is 0.938. The number of carbonyl (C=O) groups is 1. The number of sulfonamides is 1. The molecule has 0 spiro atoms. The van der Waals surface area contributed by atoms with Crippen molar-refractivity contribution in [2.75, 3.05) is 19.6 Å². The summed E-state index contributed by atoms with van der Waals surface area (Å²) in [5.41, 5.74) is -0.480. The molecule has 3 unspecified atom stereocenters. The Morgan fingerprint density at radius 3 is 2.33 bits per heavy atom. The van der Waals surface area contributed by atoms with Gasteiger partial charge in [-0.3, -0.25) is 4.90 Å². The van der Waals surface area contributed by atoms with Crippen LogP contribution in [0.2, 0.25) is 0 Å². The van der Waals surface area contributed by atoms with E-state index in [-0.39, 0.29) is 12.1 Å². The third-order valence-electron chi connectivity index (χ3n) is 5.42. The van der Waals surface area contributed by atoms with E-state index in [4.69, 9.17) is 9.88 Å². The zero-order valence-corrected chi connectivity index (χ0v) is 15.6. The number of ether oxygens (including phenoxy) is 1. The molecular weight excluding hydrogens is 330 g/mol. The summed E-state index contributed by atoms with van der Waals surface area (Å²) in [7, 11) is -3.47. The molecule has 0 aromatic carbocycles. The van der Waals surface area contributed by atoms with Crippen LogP contribution in [0.5, 0.6) is 0 Å². The van der Waals surface area contributed by atoms with Gasteiger partial charge >= 0.3 is 6.09 Å². The van der Waals surface area contributed by atoms with E-state index in [2.05, 4.69) is 4.90 Å². The standard InChI is InChI=1S/C16H29N3O4S/c1-16(2,3)23-15(20)18-9-13(10-18)19-8-11-4-5-12(19)7-14(6-11)24(17,21)22/h11-14H,4-10H2,1-3H3,(H2,17,21,22). The minimum atomic E-state index is -3.47. The van der Waals surface area contributed by atoms with Gasteiger partial charge in [-0.2, -0.15) is 0 Å². The molecule has 4 aliphatic rings. The second kappa shape index (κ2) is 6.14. The smallest absolute Gasteiger partial charge is 0.410 e. The zero-order valence-electron chi connectivity index (χ0n) is 14.8. The first-order valence-corrected chi connectivity index (χ1v) is 10.4. The molecule has 8 heteroatoms. The summed E-state index contributed by atoms with van der Waals surface area (Å²) in [6.45, 7) is 7.84. The minimum absolute atomic E-state index is 0.262. The summed E-state index contributed by atoms with van der Waals surface area (Å²) in [5, 5.41) is 4.99. The number of amides is 1. The van der Waals surface area contributed by atoms with Crippen molar-refractivity contribution in [3.8, 4) is 0 Å². The molecule has 3 heterocycles. The molecule has 4 rings (SSSR count). The van der Waals surface area contributed by atoms with Crippen molar-refractivity contribution in [3.05, 3.63) is 0 Å². The second-order valence-electron chi connectivity index (χ2n) is 8.52. The van der Waals surface area contributed by atoms with Crippen molar-refractivity contribution in [1.82, 2.24) is 9.80 Å². The van der Waals surface area contributed by atoms with Gasteiger partial charge in [-0.1, -0.05) is 0 Å². The van der Waals surface area contributed by atoms with Crippen molar-refractivity contribution < 1.29 is 17.9 Å². The van der Waals surface area contributed by atoms with E-state index in [1.807, 2.05) is 20.8 Å². The quantitative estimate of drug-likeness (QED) is 0.798. The topological polar surface area (TPSA) is 92.9 Å². The molecule has 1 amide bonds. The van der Waals surface area contributed by atoms with Gasteiger partial charge in [-0.15, -0.1) is 0 Å². The van der Waals surface area contributed by atoms with Crippen LogP contribution in [0.4, 0.5) is 4.79 Å². The van der Waals surface area contributed by atoms with Gasteiger partial charge in [-0.05, 0) is 52.4 Å². The number of rotatable bonds is 2. The SMILES string of the molecule is CC(C)(C)OC(=O)N1CC(N2CC3CCC2CC(S(N)(=O)=O)C3)C1. The average Bonchev–Trinajstić information content (AvgIpc) is 2.65. The Morgan fingerprint density at radius 1 is 1.08 bits per heavy atom. The molecule has 3 aliphatic heterocycles. The van der Waals surface area contributed by atoms with E-state index in [9.17, 15) is 13.2 Å². The molecule has 3 saturated heterocycles. The second-order valence-corrected chi connectivity index (χ2v) is 10.4. The highest BCUT2D eigenvalue weighted by Crippen LogP contribution is 2.38. The number of carbonyl (C=O) groups excluding carboxylic acids is 1. The summed E-state index contributed by atoms with van der Waals surface area (Å²) < 4.78 is 29.0. The number of hydrogen-bond donors (Lipinski definition) is 1. The lowest BCUT2D eigenvalue weighted by molar-refractivity contribution is -0.0355. The molecule has 3 atom stereocenters. The van der Waals surface area contributed by atoms with Crippen molar-refractivity contribution >= 4 is 16.1 Å². The first-order valence-electron chi connectivity index (χ1n) is 8.78. The van der Waals surface area contributed by atoms with E-state index < -0.39 is 20.9 Å². The number of piperidine rings is 1. The van der Waals surface area contributed by atoms with E-state index in [1.54, 1.807) is 4.90 Å². The Kier molecular flexibility index (Phi) is 4.59. The van der Waals surface area contributed by atoms with Crippen LogP contribution < -0.4 is 5.14 Å². The molecule has 2 bridgehead atoms. The van der Waals surface area contributed by atoms with Gasteiger partial charge in [-0.25, -0.2) is 18.4 Å². The molecule has 0 aromatic rings. The van der Waals surface area contributed by atoms with E-state index >= 15 is 0 Å². The minimum Gasteiger partial charge on any atom is -0.444 e. The molecule has 2 N–H and O–H groups in total. The van der Waals surface area contributed by atoms with Crippen LogP contribution in [0.15, 0.2) is 0 Å². The molecule has 1 saturated carbocycles. The van der Waals surface area contributed by atoms with Gasteiger partial charge in [0, 0.05) is 31.7 Å². The maximum atomic E-state index is 12.1. The van der Waals surface area contributed by atoms with Crippen LogP contribution in [0.3, 0.4) is 0 Å². The van der Waals surface area contributed by atoms with Crippen molar-refractivity contribution in [2.45, 2.75) is 69.4 Å². The lowest BCUT2D eigenvalue weighted by Gasteiger charge is -2.50.